The molecule has 0 spiro atoms. The smallest absolute Gasteiger partial charge is 0.435 e. The Morgan fingerprint density at radius 2 is 1.90 bits per heavy atom. The standard InChI is InChI=1S/C19H21F3N4O4S/c1-9-13(18(29)30-2)17(31-14(9)16(23)28)24-12(27)8-26-11-7-5-3-4-6-10(11)15(25-26)19(20,21)22/h3-8H2,1-2H3,(H2,23,28)(H,24,27). The first-order chi connectivity index (χ1) is 14.5. The lowest BCUT2D eigenvalue weighted by Crippen LogP contribution is -2.22. The minimum Gasteiger partial charge on any atom is -0.465 e. The van der Waals surface area contributed by atoms with Gasteiger partial charge in [0.25, 0.3) is 5.91 Å². The van der Waals surface area contributed by atoms with Crippen LogP contribution in [0.4, 0.5) is 18.2 Å². The van der Waals surface area contributed by atoms with Gasteiger partial charge >= 0.3 is 12.1 Å². The number of aromatic nitrogens is 2. The van der Waals surface area contributed by atoms with Crippen LogP contribution in [-0.2, 0) is 35.1 Å². The van der Waals surface area contributed by atoms with Crippen LogP contribution in [0.5, 0.6) is 0 Å². The van der Waals surface area contributed by atoms with Crippen molar-refractivity contribution in [1.29, 1.82) is 0 Å². The zero-order chi connectivity index (χ0) is 22.9. The normalized spacial score (nSPS) is 14.0. The van der Waals surface area contributed by atoms with Crippen LogP contribution >= 0.6 is 11.3 Å². The van der Waals surface area contributed by atoms with Gasteiger partial charge in [-0.25, -0.2) is 4.79 Å². The average molecular weight is 458 g/mol. The molecule has 2 aromatic rings. The number of carbonyl (C=O) groups excluding carboxylic acids is 3. The van der Waals surface area contributed by atoms with Crippen molar-refractivity contribution in [3.63, 3.8) is 0 Å². The first kappa shape index (κ1) is 22.8. The lowest BCUT2D eigenvalue weighted by atomic mass is 10.1. The summed E-state index contributed by atoms with van der Waals surface area (Å²) in [5, 5.41) is 6.21. The molecule has 0 unspecified atom stereocenters. The van der Waals surface area contributed by atoms with E-state index in [0.29, 0.717) is 25.0 Å². The molecule has 0 saturated carbocycles. The van der Waals surface area contributed by atoms with E-state index in [9.17, 15) is 27.6 Å². The van der Waals surface area contributed by atoms with Gasteiger partial charge in [0.05, 0.1) is 17.6 Å². The number of hydrogen-bond donors (Lipinski definition) is 2. The van der Waals surface area contributed by atoms with Gasteiger partial charge < -0.3 is 15.8 Å². The molecular formula is C19H21F3N4O4S. The van der Waals surface area contributed by atoms with Gasteiger partial charge in [-0.1, -0.05) is 6.42 Å². The summed E-state index contributed by atoms with van der Waals surface area (Å²) in [6, 6.07) is 0. The number of nitrogens with zero attached hydrogens (tertiary/aromatic N) is 2. The molecule has 12 heteroatoms. The Balaban J connectivity index is 1.92. The Hall–Kier alpha value is -2.89. The zero-order valence-electron chi connectivity index (χ0n) is 16.9. The van der Waals surface area contributed by atoms with Crippen molar-refractivity contribution >= 4 is 34.1 Å². The molecule has 0 saturated heterocycles. The topological polar surface area (TPSA) is 116 Å². The van der Waals surface area contributed by atoms with Crippen molar-refractivity contribution in [1.82, 2.24) is 9.78 Å². The Morgan fingerprint density at radius 1 is 1.23 bits per heavy atom. The minimum absolute atomic E-state index is 0.0232. The Kier molecular flexibility index (Phi) is 6.39. The first-order valence-electron chi connectivity index (χ1n) is 9.51. The number of primary amides is 1. The number of alkyl halides is 3. The number of hydrogen-bond acceptors (Lipinski definition) is 6. The number of esters is 1. The van der Waals surface area contributed by atoms with Crippen molar-refractivity contribution in [2.45, 2.75) is 51.7 Å². The van der Waals surface area contributed by atoms with E-state index in [4.69, 9.17) is 10.5 Å². The van der Waals surface area contributed by atoms with Gasteiger partial charge in [-0.15, -0.1) is 11.3 Å². The third kappa shape index (κ3) is 4.58. The summed E-state index contributed by atoms with van der Waals surface area (Å²) in [6.07, 6.45) is -1.84. The van der Waals surface area contributed by atoms with Crippen LogP contribution in [-0.4, -0.2) is 34.7 Å². The summed E-state index contributed by atoms with van der Waals surface area (Å²) < 4.78 is 46.1. The molecule has 2 amide bonds. The van der Waals surface area contributed by atoms with E-state index >= 15 is 0 Å². The number of amides is 2. The van der Waals surface area contributed by atoms with E-state index in [1.165, 1.54) is 6.92 Å². The van der Waals surface area contributed by atoms with Crippen LogP contribution in [0.2, 0.25) is 0 Å². The van der Waals surface area contributed by atoms with Crippen LogP contribution in [0.15, 0.2) is 0 Å². The molecule has 3 rings (SSSR count). The van der Waals surface area contributed by atoms with E-state index in [1.54, 1.807) is 0 Å². The number of fused-ring (bicyclic) bond motifs is 1. The number of nitrogens with two attached hydrogens (primary N) is 1. The van der Waals surface area contributed by atoms with Crippen molar-refractivity contribution in [2.75, 3.05) is 12.4 Å². The predicted octanol–water partition coefficient (Wildman–Crippen LogP) is 3.06. The molecular weight excluding hydrogens is 437 g/mol. The van der Waals surface area contributed by atoms with Gasteiger partial charge in [0.15, 0.2) is 5.69 Å². The first-order valence-corrected chi connectivity index (χ1v) is 10.3. The van der Waals surface area contributed by atoms with E-state index in [0.717, 1.165) is 29.5 Å². The number of methoxy groups -OCH3 is 1. The molecule has 8 nitrogen and oxygen atoms in total. The second-order valence-electron chi connectivity index (χ2n) is 7.15. The molecule has 0 aliphatic heterocycles. The van der Waals surface area contributed by atoms with Crippen LogP contribution in [0, 0.1) is 6.92 Å². The summed E-state index contributed by atoms with van der Waals surface area (Å²) >= 11 is 0.801. The van der Waals surface area contributed by atoms with E-state index in [1.807, 2.05) is 0 Å². The molecule has 168 valence electrons. The number of anilines is 1. The van der Waals surface area contributed by atoms with E-state index in [-0.39, 0.29) is 33.0 Å². The number of rotatable bonds is 5. The molecule has 0 bridgehead atoms. The Labute approximate surface area is 179 Å². The molecule has 0 aromatic carbocycles. The second-order valence-corrected chi connectivity index (χ2v) is 8.17. The van der Waals surface area contributed by atoms with Gasteiger partial charge in [-0.3, -0.25) is 14.3 Å². The van der Waals surface area contributed by atoms with Crippen LogP contribution in [0.3, 0.4) is 0 Å². The molecule has 1 aliphatic carbocycles. The Morgan fingerprint density at radius 3 is 2.52 bits per heavy atom. The van der Waals surface area contributed by atoms with Crippen LogP contribution < -0.4 is 11.1 Å². The SMILES string of the molecule is COC(=O)c1c(NC(=O)Cn2nc(C(F)(F)F)c3c2CCCCC3)sc(C(N)=O)c1C. The van der Waals surface area contributed by atoms with E-state index in [2.05, 4.69) is 10.4 Å². The van der Waals surface area contributed by atoms with Gasteiger partial charge in [-0.2, -0.15) is 18.3 Å². The second kappa shape index (κ2) is 8.69. The van der Waals surface area contributed by atoms with Crippen LogP contribution in [0.25, 0.3) is 0 Å². The third-order valence-corrected chi connectivity index (χ3v) is 6.30. The maximum atomic E-state index is 13.4. The maximum Gasteiger partial charge on any atom is 0.435 e. The van der Waals surface area contributed by atoms with Gasteiger partial charge in [-0.05, 0) is 38.2 Å². The summed E-state index contributed by atoms with van der Waals surface area (Å²) in [4.78, 5) is 36.4. The summed E-state index contributed by atoms with van der Waals surface area (Å²) in [7, 11) is 1.15. The number of ether oxygens (including phenoxy) is 1. The van der Waals surface area contributed by atoms with Crippen molar-refractivity contribution in [3.8, 4) is 0 Å². The van der Waals surface area contributed by atoms with E-state index < -0.39 is 36.2 Å². The monoisotopic (exact) mass is 458 g/mol. The molecule has 2 aromatic heterocycles. The zero-order valence-corrected chi connectivity index (χ0v) is 17.7. The predicted molar refractivity (Wildman–Crippen MR) is 106 cm³/mol. The molecule has 1 aliphatic rings. The number of carbonyl (C=O) groups is 3. The molecule has 2 heterocycles. The average Bonchev–Trinajstić information content (AvgIpc) is 3.07. The molecule has 0 fully saturated rings. The summed E-state index contributed by atoms with van der Waals surface area (Å²) in [5.74, 6) is -2.24. The summed E-state index contributed by atoms with van der Waals surface area (Å²) in [5.41, 5.74) is 5.12. The molecule has 3 N–H and O–H groups in total. The highest BCUT2D eigenvalue weighted by Gasteiger charge is 2.39. The number of thiophene rings is 1. The molecule has 0 radical (unpaired) electrons. The lowest BCUT2D eigenvalue weighted by molar-refractivity contribution is -0.142. The van der Waals surface area contributed by atoms with Crippen LogP contribution in [0.1, 0.15) is 61.8 Å². The quantitative estimate of drug-likeness (QED) is 0.528. The number of halogens is 3. The highest BCUT2D eigenvalue weighted by molar-refractivity contribution is 7.18. The third-order valence-electron chi connectivity index (χ3n) is 5.08. The fourth-order valence-corrected chi connectivity index (χ4v) is 4.76. The van der Waals surface area contributed by atoms with Gasteiger partial charge in [0.1, 0.15) is 11.5 Å². The van der Waals surface area contributed by atoms with Gasteiger partial charge in [0.2, 0.25) is 5.91 Å². The van der Waals surface area contributed by atoms with Crippen molar-refractivity contribution < 1.29 is 32.3 Å². The number of nitrogens with one attached hydrogen (secondary N) is 1. The maximum absolute atomic E-state index is 13.4. The fraction of sp³-hybridized carbons (Fsp3) is 0.474. The largest absolute Gasteiger partial charge is 0.465 e. The minimum atomic E-state index is -4.62. The Bertz CT molecular complexity index is 1040. The van der Waals surface area contributed by atoms with Crippen molar-refractivity contribution in [3.05, 3.63) is 33.0 Å². The lowest BCUT2D eigenvalue weighted by Gasteiger charge is -2.09. The highest BCUT2D eigenvalue weighted by Crippen LogP contribution is 2.36. The molecule has 31 heavy (non-hydrogen) atoms. The van der Waals surface area contributed by atoms with Crippen molar-refractivity contribution in [2.24, 2.45) is 5.73 Å². The summed E-state index contributed by atoms with van der Waals surface area (Å²) in [6.45, 7) is 1.02. The fourth-order valence-electron chi connectivity index (χ4n) is 3.69. The highest BCUT2D eigenvalue weighted by atomic mass is 32.1. The molecule has 0 atom stereocenters. The van der Waals surface area contributed by atoms with Gasteiger partial charge in [0, 0.05) is 11.3 Å².